The maximum atomic E-state index is 9.15. The van der Waals surface area contributed by atoms with Crippen molar-refractivity contribution < 1.29 is 5.11 Å². The lowest BCUT2D eigenvalue weighted by atomic mass is 9.95. The van der Waals surface area contributed by atoms with Crippen LogP contribution in [0.3, 0.4) is 0 Å². The van der Waals surface area contributed by atoms with E-state index in [4.69, 9.17) is 10.1 Å². The summed E-state index contributed by atoms with van der Waals surface area (Å²) >= 11 is 0. The summed E-state index contributed by atoms with van der Waals surface area (Å²) in [5.41, 5.74) is 1.95. The first kappa shape index (κ1) is 13.3. The van der Waals surface area contributed by atoms with Gasteiger partial charge in [0.05, 0.1) is 5.69 Å². The Hall–Kier alpha value is -2.35. The maximum Gasteiger partial charge on any atom is 0.184 e. The monoisotopic (exact) mass is 299 g/mol. The Bertz CT molecular complexity index is 804. The van der Waals surface area contributed by atoms with Gasteiger partial charge in [0, 0.05) is 12.0 Å². The van der Waals surface area contributed by atoms with Gasteiger partial charge < -0.3 is 5.11 Å². The molecule has 0 amide bonds. The van der Waals surface area contributed by atoms with Crippen molar-refractivity contribution in [3.05, 3.63) is 30.5 Å². The molecule has 22 heavy (non-hydrogen) atoms. The molecule has 8 heteroatoms. The van der Waals surface area contributed by atoms with Gasteiger partial charge in [0.1, 0.15) is 30.3 Å². The van der Waals surface area contributed by atoms with Crippen molar-refractivity contribution in [3.63, 3.8) is 0 Å². The van der Waals surface area contributed by atoms with Crippen LogP contribution in [0.15, 0.2) is 19.0 Å². The van der Waals surface area contributed by atoms with Crippen molar-refractivity contribution in [3.8, 4) is 5.82 Å². The third kappa shape index (κ3) is 1.91. The van der Waals surface area contributed by atoms with Crippen molar-refractivity contribution in [1.29, 1.82) is 0 Å². The minimum atomic E-state index is 0.0439. The average molecular weight is 299 g/mol. The molecule has 1 saturated carbocycles. The van der Waals surface area contributed by atoms with Gasteiger partial charge in [-0.05, 0) is 32.6 Å². The summed E-state index contributed by atoms with van der Waals surface area (Å²) in [6, 6.07) is 0. The molecule has 4 rings (SSSR count). The highest BCUT2D eigenvalue weighted by atomic mass is 16.2. The summed E-state index contributed by atoms with van der Waals surface area (Å²) in [6.45, 7) is 2.15. The summed E-state index contributed by atoms with van der Waals surface area (Å²) in [4.78, 5) is 13.1. The van der Waals surface area contributed by atoms with Gasteiger partial charge in [0.15, 0.2) is 5.82 Å². The van der Waals surface area contributed by atoms with E-state index in [9.17, 15) is 0 Å². The summed E-state index contributed by atoms with van der Waals surface area (Å²) in [7, 11) is 0. The first-order chi connectivity index (χ1) is 10.7. The highest BCUT2D eigenvalue weighted by molar-refractivity contribution is 5.67. The van der Waals surface area contributed by atoms with E-state index in [1.807, 2.05) is 11.4 Å². The zero-order valence-electron chi connectivity index (χ0n) is 12.3. The lowest BCUT2D eigenvalue weighted by molar-refractivity contribution is 0.277. The number of nitrogens with zero attached hydrogens (tertiary/aromatic N) is 7. The van der Waals surface area contributed by atoms with Crippen LogP contribution >= 0.6 is 0 Å². The van der Waals surface area contributed by atoms with E-state index in [2.05, 4.69) is 20.2 Å². The van der Waals surface area contributed by atoms with Gasteiger partial charge in [-0.1, -0.05) is 0 Å². The van der Waals surface area contributed by atoms with Crippen molar-refractivity contribution in [1.82, 2.24) is 34.3 Å². The Morgan fingerprint density at radius 2 is 2.14 bits per heavy atom. The van der Waals surface area contributed by atoms with Crippen LogP contribution in [0.25, 0.3) is 11.3 Å². The zero-order chi connectivity index (χ0) is 15.2. The topological polar surface area (TPSA) is 94.0 Å². The van der Waals surface area contributed by atoms with Crippen LogP contribution in [-0.2, 0) is 5.41 Å². The number of aliphatic hydroxyl groups is 1. The predicted octanol–water partition coefficient (Wildman–Crippen LogP) is 0.818. The van der Waals surface area contributed by atoms with Crippen LogP contribution in [0.1, 0.15) is 37.2 Å². The van der Waals surface area contributed by atoms with Gasteiger partial charge in [-0.3, -0.25) is 0 Å². The fourth-order valence-corrected chi connectivity index (χ4v) is 3.09. The molecule has 3 aromatic rings. The highest BCUT2D eigenvalue weighted by Gasteiger charge is 2.47. The highest BCUT2D eigenvalue weighted by Crippen LogP contribution is 2.52. The average Bonchev–Trinajstić information content (AvgIpc) is 2.97. The molecule has 0 unspecified atom stereocenters. The Morgan fingerprint density at radius 3 is 2.82 bits per heavy atom. The standard InChI is InChI=1S/C14H17N7O/c1-10-19-12(14(4-5-14)3-2-6-22)11-13(16-8-18-21(10)11)20-9-15-7-17-20/h7-9,22H,2-6H2,1H3. The molecule has 114 valence electrons. The maximum absolute atomic E-state index is 9.15. The van der Waals surface area contributed by atoms with Gasteiger partial charge in [-0.15, -0.1) is 0 Å². The van der Waals surface area contributed by atoms with E-state index < -0.39 is 0 Å². The van der Waals surface area contributed by atoms with E-state index in [1.165, 1.54) is 12.7 Å². The summed E-state index contributed by atoms with van der Waals surface area (Å²) in [5.74, 6) is 1.53. The molecule has 0 aromatic carbocycles. The molecule has 3 heterocycles. The van der Waals surface area contributed by atoms with Crippen LogP contribution in [0, 0.1) is 6.92 Å². The fourth-order valence-electron chi connectivity index (χ4n) is 3.09. The van der Waals surface area contributed by atoms with Gasteiger partial charge in [0.2, 0.25) is 0 Å². The second-order valence-corrected chi connectivity index (χ2v) is 5.80. The number of aromatic nitrogens is 7. The van der Waals surface area contributed by atoms with E-state index in [0.717, 1.165) is 42.7 Å². The van der Waals surface area contributed by atoms with Gasteiger partial charge >= 0.3 is 0 Å². The van der Waals surface area contributed by atoms with E-state index in [-0.39, 0.29) is 12.0 Å². The van der Waals surface area contributed by atoms with Crippen molar-refractivity contribution in [2.24, 2.45) is 0 Å². The molecule has 1 aliphatic rings. The van der Waals surface area contributed by atoms with Crippen LogP contribution < -0.4 is 0 Å². The second-order valence-electron chi connectivity index (χ2n) is 5.80. The Balaban J connectivity index is 1.92. The largest absolute Gasteiger partial charge is 0.396 e. The van der Waals surface area contributed by atoms with Crippen LogP contribution in [0.5, 0.6) is 0 Å². The Morgan fingerprint density at radius 1 is 1.27 bits per heavy atom. The number of fused-ring (bicyclic) bond motifs is 1. The zero-order valence-corrected chi connectivity index (χ0v) is 12.3. The lowest BCUT2D eigenvalue weighted by Crippen LogP contribution is -2.11. The first-order valence-corrected chi connectivity index (χ1v) is 7.42. The molecule has 0 radical (unpaired) electrons. The molecule has 0 aliphatic heterocycles. The van der Waals surface area contributed by atoms with Crippen LogP contribution in [0.4, 0.5) is 0 Å². The number of hydrogen-bond donors (Lipinski definition) is 1. The predicted molar refractivity (Wildman–Crippen MR) is 77.7 cm³/mol. The lowest BCUT2D eigenvalue weighted by Gasteiger charge is -2.13. The molecule has 1 aliphatic carbocycles. The van der Waals surface area contributed by atoms with Crippen molar-refractivity contribution in [2.45, 2.75) is 38.0 Å². The number of imidazole rings is 1. The summed E-state index contributed by atoms with van der Waals surface area (Å²) < 4.78 is 3.46. The Labute approximate surface area is 126 Å². The van der Waals surface area contributed by atoms with Crippen LogP contribution in [0.2, 0.25) is 0 Å². The molecule has 1 N–H and O–H groups in total. The molecule has 3 aromatic heterocycles. The summed E-state index contributed by atoms with van der Waals surface area (Å²) in [6.07, 6.45) is 8.51. The van der Waals surface area contributed by atoms with Crippen LogP contribution in [-0.4, -0.2) is 46.1 Å². The number of aliphatic hydroxyl groups excluding tert-OH is 1. The fraction of sp³-hybridized carbons (Fsp3) is 0.500. The minimum absolute atomic E-state index is 0.0439. The van der Waals surface area contributed by atoms with E-state index >= 15 is 0 Å². The molecule has 1 fully saturated rings. The van der Waals surface area contributed by atoms with Crippen molar-refractivity contribution >= 4 is 5.52 Å². The number of aryl methyl sites for hydroxylation is 1. The number of hydrogen-bond acceptors (Lipinski definition) is 6. The summed E-state index contributed by atoms with van der Waals surface area (Å²) in [5, 5.41) is 17.7. The SMILES string of the molecule is Cc1nc(C2(CCCO)CC2)c2c(-n3cncn3)ncnn12. The van der Waals surface area contributed by atoms with Gasteiger partial charge in [-0.25, -0.2) is 24.1 Å². The normalized spacial score (nSPS) is 16.3. The first-order valence-electron chi connectivity index (χ1n) is 7.42. The third-order valence-corrected chi connectivity index (χ3v) is 4.38. The number of rotatable bonds is 5. The molecular formula is C14H17N7O. The van der Waals surface area contributed by atoms with E-state index in [0.29, 0.717) is 5.82 Å². The molecular weight excluding hydrogens is 282 g/mol. The van der Waals surface area contributed by atoms with Gasteiger partial charge in [-0.2, -0.15) is 10.2 Å². The molecule has 8 nitrogen and oxygen atoms in total. The third-order valence-electron chi connectivity index (χ3n) is 4.38. The minimum Gasteiger partial charge on any atom is -0.396 e. The molecule has 0 saturated heterocycles. The second kappa shape index (κ2) is 4.84. The molecule has 0 atom stereocenters. The van der Waals surface area contributed by atoms with E-state index in [1.54, 1.807) is 11.0 Å². The quantitative estimate of drug-likeness (QED) is 0.749. The molecule has 0 bridgehead atoms. The Kier molecular flexibility index (Phi) is 2.93. The molecule has 0 spiro atoms. The van der Waals surface area contributed by atoms with Crippen molar-refractivity contribution in [2.75, 3.05) is 6.61 Å². The van der Waals surface area contributed by atoms with Gasteiger partial charge in [0.25, 0.3) is 0 Å². The smallest absolute Gasteiger partial charge is 0.184 e.